The summed E-state index contributed by atoms with van der Waals surface area (Å²) in [5.41, 5.74) is 5.13. The number of rotatable bonds is 4. The average molecular weight is 186 g/mol. The number of hydrogen-bond acceptors (Lipinski definition) is 3. The van der Waals surface area contributed by atoms with Crippen LogP contribution in [0.25, 0.3) is 0 Å². The first-order valence-electron chi connectivity index (χ1n) is 4.84. The van der Waals surface area contributed by atoms with Crippen LogP contribution in [0.3, 0.4) is 0 Å². The van der Waals surface area contributed by atoms with Gasteiger partial charge in [0.2, 0.25) is 5.91 Å². The van der Waals surface area contributed by atoms with Gasteiger partial charge in [-0.25, -0.2) is 0 Å². The number of aliphatic hydroxyl groups excluding tert-OH is 1. The van der Waals surface area contributed by atoms with E-state index in [-0.39, 0.29) is 5.91 Å². The second-order valence-electron chi connectivity index (χ2n) is 3.78. The van der Waals surface area contributed by atoms with Gasteiger partial charge in [0.25, 0.3) is 0 Å². The Hall–Kier alpha value is -0.610. The summed E-state index contributed by atoms with van der Waals surface area (Å²) in [7, 11) is 0. The van der Waals surface area contributed by atoms with Crippen LogP contribution in [0.15, 0.2) is 0 Å². The molecule has 0 spiro atoms. The third kappa shape index (κ3) is 2.42. The Bertz CT molecular complexity index is 190. The fourth-order valence-electron chi connectivity index (χ4n) is 1.32. The molecule has 0 aromatic rings. The fraction of sp³-hybridized carbons (Fsp3) is 0.889. The zero-order chi connectivity index (χ0) is 9.90. The Morgan fingerprint density at radius 2 is 2.31 bits per heavy atom. The van der Waals surface area contributed by atoms with E-state index >= 15 is 0 Å². The van der Waals surface area contributed by atoms with Crippen molar-refractivity contribution in [2.24, 2.45) is 5.73 Å². The molecule has 1 fully saturated rings. The van der Waals surface area contributed by atoms with Gasteiger partial charge in [-0.1, -0.05) is 6.92 Å². The molecule has 13 heavy (non-hydrogen) atoms. The van der Waals surface area contributed by atoms with E-state index < -0.39 is 11.6 Å². The minimum atomic E-state index is -0.645. The Kier molecular flexibility index (Phi) is 3.27. The molecule has 4 nitrogen and oxygen atoms in total. The van der Waals surface area contributed by atoms with E-state index in [0.29, 0.717) is 13.0 Å². The number of nitrogens with one attached hydrogen (secondary N) is 1. The standard InChI is InChI=1S/C9H18N2O2/c1-2-7(12)6-11-8(13)9(10)4-3-5-9/h7,12H,2-6,10H2,1H3,(H,11,13). The predicted molar refractivity (Wildman–Crippen MR) is 50.1 cm³/mol. The normalized spacial score (nSPS) is 21.8. The summed E-state index contributed by atoms with van der Waals surface area (Å²) in [6, 6.07) is 0. The lowest BCUT2D eigenvalue weighted by molar-refractivity contribution is -0.129. The first-order valence-corrected chi connectivity index (χ1v) is 4.84. The van der Waals surface area contributed by atoms with E-state index in [1.54, 1.807) is 0 Å². The Morgan fingerprint density at radius 3 is 2.69 bits per heavy atom. The second-order valence-corrected chi connectivity index (χ2v) is 3.78. The van der Waals surface area contributed by atoms with Gasteiger partial charge in [0.05, 0.1) is 11.6 Å². The van der Waals surface area contributed by atoms with E-state index in [1.807, 2.05) is 6.92 Å². The minimum absolute atomic E-state index is 0.119. The maximum atomic E-state index is 11.4. The van der Waals surface area contributed by atoms with E-state index in [2.05, 4.69) is 5.32 Å². The van der Waals surface area contributed by atoms with Gasteiger partial charge in [-0.2, -0.15) is 0 Å². The van der Waals surface area contributed by atoms with Crippen LogP contribution in [0.4, 0.5) is 0 Å². The molecule has 0 aromatic heterocycles. The number of hydrogen-bond donors (Lipinski definition) is 3. The molecular formula is C9H18N2O2. The van der Waals surface area contributed by atoms with E-state index in [4.69, 9.17) is 5.73 Å². The first kappa shape index (κ1) is 10.5. The highest BCUT2D eigenvalue weighted by Gasteiger charge is 2.39. The molecule has 1 atom stereocenters. The van der Waals surface area contributed by atoms with Crippen molar-refractivity contribution in [3.63, 3.8) is 0 Å². The molecule has 4 N–H and O–H groups in total. The Labute approximate surface area is 78.5 Å². The molecule has 4 heteroatoms. The smallest absolute Gasteiger partial charge is 0.240 e. The molecule has 0 aliphatic heterocycles. The second kappa shape index (κ2) is 4.07. The van der Waals surface area contributed by atoms with E-state index in [1.165, 1.54) is 0 Å². The molecular weight excluding hydrogens is 168 g/mol. The van der Waals surface area contributed by atoms with Crippen molar-refractivity contribution in [2.75, 3.05) is 6.54 Å². The van der Waals surface area contributed by atoms with Crippen molar-refractivity contribution in [2.45, 2.75) is 44.2 Å². The van der Waals surface area contributed by atoms with Crippen LogP contribution < -0.4 is 11.1 Å². The summed E-state index contributed by atoms with van der Waals surface area (Å²) in [6.07, 6.45) is 2.76. The summed E-state index contributed by atoms with van der Waals surface area (Å²) in [5, 5.41) is 11.9. The van der Waals surface area contributed by atoms with Gasteiger partial charge in [0.15, 0.2) is 0 Å². The molecule has 1 saturated carbocycles. The minimum Gasteiger partial charge on any atom is -0.391 e. The van der Waals surface area contributed by atoms with E-state index in [9.17, 15) is 9.90 Å². The summed E-state index contributed by atoms with van der Waals surface area (Å²) >= 11 is 0. The van der Waals surface area contributed by atoms with Gasteiger partial charge in [0.1, 0.15) is 0 Å². The number of nitrogens with two attached hydrogens (primary N) is 1. The van der Waals surface area contributed by atoms with Crippen LogP contribution in [0.1, 0.15) is 32.6 Å². The van der Waals surface area contributed by atoms with Crippen molar-refractivity contribution in [3.05, 3.63) is 0 Å². The zero-order valence-corrected chi connectivity index (χ0v) is 8.05. The molecule has 0 saturated heterocycles. The van der Waals surface area contributed by atoms with Crippen LogP contribution in [-0.2, 0) is 4.79 Å². The first-order chi connectivity index (χ1) is 6.08. The molecule has 1 aliphatic carbocycles. The maximum Gasteiger partial charge on any atom is 0.240 e. The summed E-state index contributed by atoms with van der Waals surface area (Å²) in [4.78, 5) is 11.4. The largest absolute Gasteiger partial charge is 0.391 e. The Morgan fingerprint density at radius 1 is 1.69 bits per heavy atom. The SMILES string of the molecule is CCC(O)CNC(=O)C1(N)CCC1. The monoisotopic (exact) mass is 186 g/mol. The lowest BCUT2D eigenvalue weighted by atomic mass is 9.77. The van der Waals surface area contributed by atoms with Crippen LogP contribution in [0.2, 0.25) is 0 Å². The van der Waals surface area contributed by atoms with Crippen molar-refractivity contribution in [1.29, 1.82) is 0 Å². The van der Waals surface area contributed by atoms with Crippen LogP contribution in [0.5, 0.6) is 0 Å². The van der Waals surface area contributed by atoms with Gasteiger partial charge in [-0.15, -0.1) is 0 Å². The molecule has 0 radical (unpaired) electrons. The van der Waals surface area contributed by atoms with E-state index in [0.717, 1.165) is 19.3 Å². The number of carbonyl (C=O) groups excluding carboxylic acids is 1. The lowest BCUT2D eigenvalue weighted by Crippen LogP contribution is -2.59. The zero-order valence-electron chi connectivity index (χ0n) is 8.05. The fourth-order valence-corrected chi connectivity index (χ4v) is 1.32. The van der Waals surface area contributed by atoms with Gasteiger partial charge < -0.3 is 16.2 Å². The van der Waals surface area contributed by atoms with Gasteiger partial charge in [0, 0.05) is 6.54 Å². The van der Waals surface area contributed by atoms with Crippen molar-refractivity contribution in [1.82, 2.24) is 5.32 Å². The predicted octanol–water partition coefficient (Wildman–Crippen LogP) is -0.245. The summed E-state index contributed by atoms with van der Waals surface area (Å²) in [5.74, 6) is -0.119. The molecule has 0 aromatic carbocycles. The number of amides is 1. The third-order valence-corrected chi connectivity index (χ3v) is 2.67. The summed E-state index contributed by atoms with van der Waals surface area (Å²) < 4.78 is 0. The van der Waals surface area contributed by atoms with Crippen LogP contribution in [-0.4, -0.2) is 29.2 Å². The highest BCUT2D eigenvalue weighted by Crippen LogP contribution is 2.28. The maximum absolute atomic E-state index is 11.4. The highest BCUT2D eigenvalue weighted by atomic mass is 16.3. The summed E-state index contributed by atoms with van der Waals surface area (Å²) in [6.45, 7) is 2.19. The van der Waals surface area contributed by atoms with Crippen LogP contribution in [0, 0.1) is 0 Å². The van der Waals surface area contributed by atoms with Gasteiger partial charge in [-0.3, -0.25) is 4.79 Å². The average Bonchev–Trinajstić information content (AvgIpc) is 2.09. The molecule has 1 rings (SSSR count). The Balaban J connectivity index is 2.25. The lowest BCUT2D eigenvalue weighted by Gasteiger charge is -2.36. The molecule has 1 unspecified atom stereocenters. The van der Waals surface area contributed by atoms with Crippen molar-refractivity contribution < 1.29 is 9.90 Å². The molecule has 1 amide bonds. The van der Waals surface area contributed by atoms with Crippen LogP contribution >= 0.6 is 0 Å². The van der Waals surface area contributed by atoms with Crippen molar-refractivity contribution >= 4 is 5.91 Å². The molecule has 76 valence electrons. The van der Waals surface area contributed by atoms with Gasteiger partial charge >= 0.3 is 0 Å². The number of carbonyl (C=O) groups is 1. The quantitative estimate of drug-likeness (QED) is 0.567. The number of aliphatic hydroxyl groups is 1. The topological polar surface area (TPSA) is 75.3 Å². The molecule has 0 bridgehead atoms. The van der Waals surface area contributed by atoms with Crippen molar-refractivity contribution in [3.8, 4) is 0 Å². The highest BCUT2D eigenvalue weighted by molar-refractivity contribution is 5.86. The molecule has 1 aliphatic rings. The third-order valence-electron chi connectivity index (χ3n) is 2.67. The van der Waals surface area contributed by atoms with Gasteiger partial charge in [-0.05, 0) is 25.7 Å². The molecule has 0 heterocycles.